The minimum absolute atomic E-state index is 0.0272. The lowest BCUT2D eigenvalue weighted by Gasteiger charge is -2.29. The third kappa shape index (κ3) is 4.36. The summed E-state index contributed by atoms with van der Waals surface area (Å²) in [5, 5.41) is 15.6. The van der Waals surface area contributed by atoms with Crippen molar-refractivity contribution in [2.45, 2.75) is 37.8 Å². The molecule has 9 nitrogen and oxygen atoms in total. The summed E-state index contributed by atoms with van der Waals surface area (Å²) in [5.41, 5.74) is 13.0. The lowest BCUT2D eigenvalue weighted by molar-refractivity contribution is 0.0995. The van der Waals surface area contributed by atoms with E-state index in [-0.39, 0.29) is 23.6 Å². The zero-order valence-corrected chi connectivity index (χ0v) is 16.4. The molecule has 4 rings (SSSR count). The van der Waals surface area contributed by atoms with E-state index in [1.165, 1.54) is 0 Å². The summed E-state index contributed by atoms with van der Waals surface area (Å²) in [6.45, 7) is 0. The summed E-state index contributed by atoms with van der Waals surface area (Å²) < 4.78 is 0. The SMILES string of the molecule is NC(=O)c1nnc(N[C@@H]2CCCC[C@@H]2N)nc1Nc1ccc2nc(Cl)ccc2c1. The van der Waals surface area contributed by atoms with Crippen LogP contribution in [-0.2, 0) is 0 Å². The minimum atomic E-state index is -0.720. The highest BCUT2D eigenvalue weighted by Gasteiger charge is 2.23. The van der Waals surface area contributed by atoms with Gasteiger partial charge < -0.3 is 22.1 Å². The van der Waals surface area contributed by atoms with E-state index in [2.05, 4.69) is 30.8 Å². The maximum absolute atomic E-state index is 11.8. The van der Waals surface area contributed by atoms with Crippen LogP contribution in [0.2, 0.25) is 5.15 Å². The molecule has 2 atom stereocenters. The van der Waals surface area contributed by atoms with Crippen molar-refractivity contribution in [3.05, 3.63) is 41.2 Å². The van der Waals surface area contributed by atoms with Gasteiger partial charge in [0.05, 0.1) is 5.52 Å². The van der Waals surface area contributed by atoms with Gasteiger partial charge in [-0.05, 0) is 43.2 Å². The van der Waals surface area contributed by atoms with Gasteiger partial charge in [-0.3, -0.25) is 4.79 Å². The molecular weight excluding hydrogens is 392 g/mol. The highest BCUT2D eigenvalue weighted by Crippen LogP contribution is 2.24. The van der Waals surface area contributed by atoms with Crippen LogP contribution in [0.5, 0.6) is 0 Å². The zero-order valence-electron chi connectivity index (χ0n) is 15.6. The van der Waals surface area contributed by atoms with Gasteiger partial charge in [-0.1, -0.05) is 24.4 Å². The number of aromatic nitrogens is 4. The van der Waals surface area contributed by atoms with E-state index in [0.717, 1.165) is 36.6 Å². The van der Waals surface area contributed by atoms with Crippen molar-refractivity contribution in [3.63, 3.8) is 0 Å². The van der Waals surface area contributed by atoms with Gasteiger partial charge in [0.25, 0.3) is 5.91 Å². The van der Waals surface area contributed by atoms with Crippen molar-refractivity contribution in [1.29, 1.82) is 0 Å². The number of nitrogens with one attached hydrogen (secondary N) is 2. The fraction of sp³-hybridized carbons (Fsp3) is 0.316. The van der Waals surface area contributed by atoms with Gasteiger partial charge in [-0.25, -0.2) is 4.98 Å². The predicted molar refractivity (Wildman–Crippen MR) is 112 cm³/mol. The van der Waals surface area contributed by atoms with Crippen LogP contribution < -0.4 is 22.1 Å². The first-order chi connectivity index (χ1) is 14.0. The second-order valence-electron chi connectivity index (χ2n) is 7.06. The Hall–Kier alpha value is -3.04. The Morgan fingerprint density at radius 1 is 1.10 bits per heavy atom. The summed E-state index contributed by atoms with van der Waals surface area (Å²) in [4.78, 5) is 20.5. The summed E-state index contributed by atoms with van der Waals surface area (Å²) in [6.07, 6.45) is 4.10. The molecule has 2 aromatic heterocycles. The molecule has 29 heavy (non-hydrogen) atoms. The molecule has 0 radical (unpaired) electrons. The number of carbonyl (C=O) groups is 1. The summed E-state index contributed by atoms with van der Waals surface area (Å²) in [7, 11) is 0. The molecule has 0 aliphatic heterocycles. The fourth-order valence-corrected chi connectivity index (χ4v) is 3.61. The molecule has 1 aromatic carbocycles. The Morgan fingerprint density at radius 3 is 2.72 bits per heavy atom. The number of hydrogen-bond donors (Lipinski definition) is 4. The number of hydrogen-bond acceptors (Lipinski definition) is 8. The number of rotatable bonds is 5. The summed E-state index contributed by atoms with van der Waals surface area (Å²) >= 11 is 5.93. The molecular formula is C19H21ClN8O. The number of benzene rings is 1. The molecule has 1 aliphatic carbocycles. The molecule has 0 bridgehead atoms. The van der Waals surface area contributed by atoms with Crippen LogP contribution in [0.3, 0.4) is 0 Å². The van der Waals surface area contributed by atoms with Crippen molar-refractivity contribution in [1.82, 2.24) is 20.2 Å². The number of amides is 1. The van der Waals surface area contributed by atoms with Gasteiger partial charge in [0.1, 0.15) is 5.15 Å². The number of primary amides is 1. The number of halogens is 1. The van der Waals surface area contributed by atoms with E-state index in [1.54, 1.807) is 6.07 Å². The van der Waals surface area contributed by atoms with Gasteiger partial charge >= 0.3 is 0 Å². The largest absolute Gasteiger partial charge is 0.364 e. The Labute approximate surface area is 172 Å². The monoisotopic (exact) mass is 412 g/mol. The third-order valence-electron chi connectivity index (χ3n) is 4.97. The number of pyridine rings is 1. The highest BCUT2D eigenvalue weighted by molar-refractivity contribution is 6.29. The van der Waals surface area contributed by atoms with Crippen molar-refractivity contribution >= 4 is 45.9 Å². The highest BCUT2D eigenvalue weighted by atomic mass is 35.5. The van der Waals surface area contributed by atoms with Crippen LogP contribution >= 0.6 is 11.6 Å². The second-order valence-corrected chi connectivity index (χ2v) is 7.45. The number of nitrogens with two attached hydrogens (primary N) is 2. The Bertz CT molecular complexity index is 1060. The van der Waals surface area contributed by atoms with E-state index in [0.29, 0.717) is 16.8 Å². The molecule has 1 saturated carbocycles. The molecule has 1 aliphatic rings. The maximum Gasteiger partial charge on any atom is 0.273 e. The van der Waals surface area contributed by atoms with Crippen LogP contribution in [0.4, 0.5) is 17.5 Å². The average Bonchev–Trinajstić information content (AvgIpc) is 2.70. The van der Waals surface area contributed by atoms with Gasteiger partial charge in [-0.15, -0.1) is 10.2 Å². The first kappa shape index (κ1) is 19.3. The van der Waals surface area contributed by atoms with Crippen molar-refractivity contribution in [2.24, 2.45) is 11.5 Å². The van der Waals surface area contributed by atoms with Gasteiger partial charge in [0.2, 0.25) is 5.95 Å². The van der Waals surface area contributed by atoms with Crippen LogP contribution in [0.1, 0.15) is 36.2 Å². The molecule has 1 amide bonds. The number of carbonyl (C=O) groups excluding carboxylic acids is 1. The molecule has 0 saturated heterocycles. The number of nitrogens with zero attached hydrogens (tertiary/aromatic N) is 4. The van der Waals surface area contributed by atoms with Gasteiger partial charge in [0.15, 0.2) is 11.5 Å². The Balaban J connectivity index is 1.62. The first-order valence-corrected chi connectivity index (χ1v) is 9.77. The smallest absolute Gasteiger partial charge is 0.273 e. The minimum Gasteiger partial charge on any atom is -0.364 e. The normalized spacial score (nSPS) is 19.1. The van der Waals surface area contributed by atoms with E-state index in [4.69, 9.17) is 23.1 Å². The molecule has 0 spiro atoms. The molecule has 0 unspecified atom stereocenters. The van der Waals surface area contributed by atoms with E-state index < -0.39 is 5.91 Å². The molecule has 10 heteroatoms. The maximum atomic E-state index is 11.8. The predicted octanol–water partition coefficient (Wildman–Crippen LogP) is 2.60. The molecule has 150 valence electrons. The number of anilines is 3. The van der Waals surface area contributed by atoms with Crippen molar-refractivity contribution in [3.8, 4) is 0 Å². The lowest BCUT2D eigenvalue weighted by atomic mass is 9.91. The van der Waals surface area contributed by atoms with Crippen LogP contribution in [0.25, 0.3) is 10.9 Å². The fourth-order valence-electron chi connectivity index (χ4n) is 3.46. The summed E-state index contributed by atoms with van der Waals surface area (Å²) in [5.74, 6) is -0.197. The van der Waals surface area contributed by atoms with E-state index in [9.17, 15) is 4.79 Å². The Morgan fingerprint density at radius 2 is 1.93 bits per heavy atom. The number of fused-ring (bicyclic) bond motifs is 1. The molecule has 3 aromatic rings. The molecule has 2 heterocycles. The zero-order chi connectivity index (χ0) is 20.4. The second kappa shape index (κ2) is 8.14. The van der Waals surface area contributed by atoms with E-state index >= 15 is 0 Å². The lowest BCUT2D eigenvalue weighted by Crippen LogP contribution is -2.43. The summed E-state index contributed by atoms with van der Waals surface area (Å²) in [6, 6.07) is 9.17. The average molecular weight is 413 g/mol. The standard InChI is InChI=1S/C19H21ClN8O/c20-15-8-5-10-9-11(6-7-13(10)24-15)23-18-16(17(22)29)27-28-19(26-18)25-14-4-2-1-3-12(14)21/h5-9,12,14H,1-4,21H2,(H2,22,29)(H2,23,25,26,28)/t12-,14+/m0/s1. The third-order valence-corrected chi connectivity index (χ3v) is 5.18. The quantitative estimate of drug-likeness (QED) is 0.468. The van der Waals surface area contributed by atoms with Crippen LogP contribution in [0, 0.1) is 0 Å². The van der Waals surface area contributed by atoms with Crippen molar-refractivity contribution in [2.75, 3.05) is 10.6 Å². The topological polar surface area (TPSA) is 145 Å². The van der Waals surface area contributed by atoms with Crippen LogP contribution in [0.15, 0.2) is 30.3 Å². The van der Waals surface area contributed by atoms with Gasteiger partial charge in [0, 0.05) is 23.2 Å². The first-order valence-electron chi connectivity index (χ1n) is 9.39. The Kier molecular flexibility index (Phi) is 5.41. The van der Waals surface area contributed by atoms with Crippen molar-refractivity contribution < 1.29 is 4.79 Å². The molecule has 6 N–H and O–H groups in total. The van der Waals surface area contributed by atoms with E-state index in [1.807, 2.05) is 24.3 Å². The van der Waals surface area contributed by atoms with Crippen LogP contribution in [-0.4, -0.2) is 38.2 Å². The molecule has 1 fully saturated rings. The van der Waals surface area contributed by atoms with Gasteiger partial charge in [-0.2, -0.15) is 4.98 Å².